The average molecular weight is 511 g/mol. The third kappa shape index (κ3) is 5.44. The third-order valence-corrected chi connectivity index (χ3v) is 4.83. The molecule has 3 aromatic rings. The van der Waals surface area contributed by atoms with Crippen molar-refractivity contribution in [1.82, 2.24) is 0 Å². The monoisotopic (exact) mass is 509 g/mol. The molecule has 156 valence electrons. The van der Waals surface area contributed by atoms with E-state index in [0.29, 0.717) is 37.5 Å². The predicted octanol–water partition coefficient (Wildman–Crippen LogP) is 5.77. The van der Waals surface area contributed by atoms with E-state index in [0.717, 1.165) is 5.69 Å². The van der Waals surface area contributed by atoms with Crippen molar-refractivity contribution >= 4 is 67.8 Å². The molecular formula is C20H17BrClN3O4S. The topological polar surface area (TPSA) is 84.8 Å². The quantitative estimate of drug-likeness (QED) is 0.363. The minimum atomic E-state index is -0.345. The molecule has 0 radical (unpaired) electrons. The van der Waals surface area contributed by atoms with Gasteiger partial charge in [-0.1, -0.05) is 11.6 Å². The van der Waals surface area contributed by atoms with Crippen molar-refractivity contribution in [2.75, 3.05) is 30.2 Å². The molecule has 30 heavy (non-hydrogen) atoms. The summed E-state index contributed by atoms with van der Waals surface area (Å²) in [6.07, 6.45) is 1.45. The molecule has 10 heteroatoms. The fraction of sp³-hybridized carbons (Fsp3) is 0.100. The first-order valence-electron chi connectivity index (χ1n) is 8.54. The summed E-state index contributed by atoms with van der Waals surface area (Å²) in [6.45, 7) is 0. The van der Waals surface area contributed by atoms with Gasteiger partial charge in [0, 0.05) is 23.5 Å². The second-order valence-corrected chi connectivity index (χ2v) is 7.66. The Morgan fingerprint density at radius 3 is 2.20 bits per heavy atom. The van der Waals surface area contributed by atoms with Crippen LogP contribution in [0, 0.1) is 0 Å². The van der Waals surface area contributed by atoms with E-state index >= 15 is 0 Å². The fourth-order valence-electron chi connectivity index (χ4n) is 2.50. The van der Waals surface area contributed by atoms with Crippen molar-refractivity contribution in [2.24, 2.45) is 0 Å². The highest BCUT2D eigenvalue weighted by molar-refractivity contribution is 9.10. The molecule has 1 aromatic heterocycles. The van der Waals surface area contributed by atoms with Crippen LogP contribution in [0.2, 0.25) is 5.02 Å². The number of hydrogen-bond donors (Lipinski definition) is 3. The highest BCUT2D eigenvalue weighted by Crippen LogP contribution is 2.36. The molecule has 0 aliphatic heterocycles. The second-order valence-electron chi connectivity index (χ2n) is 5.93. The summed E-state index contributed by atoms with van der Waals surface area (Å²) in [6, 6.07) is 12.0. The highest BCUT2D eigenvalue weighted by Gasteiger charge is 2.12. The Kier molecular flexibility index (Phi) is 7.20. The lowest BCUT2D eigenvalue weighted by Gasteiger charge is -2.15. The fourth-order valence-corrected chi connectivity index (χ4v) is 3.27. The van der Waals surface area contributed by atoms with E-state index in [-0.39, 0.29) is 11.7 Å². The number of hydrogen-bond acceptors (Lipinski definition) is 5. The van der Waals surface area contributed by atoms with Gasteiger partial charge in [0.05, 0.1) is 29.4 Å². The molecule has 1 heterocycles. The molecule has 7 nitrogen and oxygen atoms in total. The highest BCUT2D eigenvalue weighted by atomic mass is 79.9. The number of anilines is 3. The molecule has 0 saturated carbocycles. The van der Waals surface area contributed by atoms with Crippen LogP contribution >= 0.6 is 39.7 Å². The Balaban J connectivity index is 1.62. The van der Waals surface area contributed by atoms with Crippen LogP contribution in [-0.2, 0) is 0 Å². The standard InChI is InChI=1S/C20H17BrClN3O4S/c1-27-16-9-17(28-2)15(8-14(16)22)25-20(30)24-13-5-3-12(4-6-13)23-19(26)18-7-11(21)10-29-18/h3-10H,1-2H3,(H,23,26)(H2,24,25,30). The predicted molar refractivity (Wildman–Crippen MR) is 125 cm³/mol. The Hall–Kier alpha value is -2.75. The summed E-state index contributed by atoms with van der Waals surface area (Å²) < 4.78 is 16.4. The van der Waals surface area contributed by atoms with E-state index in [4.69, 9.17) is 37.7 Å². The molecule has 3 rings (SSSR count). The number of thiocarbonyl (C=S) groups is 1. The van der Waals surface area contributed by atoms with Crippen molar-refractivity contribution < 1.29 is 18.7 Å². The lowest BCUT2D eigenvalue weighted by molar-refractivity contribution is 0.0996. The van der Waals surface area contributed by atoms with Crippen molar-refractivity contribution in [1.29, 1.82) is 0 Å². The molecule has 0 spiro atoms. The van der Waals surface area contributed by atoms with Gasteiger partial charge in [-0.3, -0.25) is 4.79 Å². The van der Waals surface area contributed by atoms with Crippen LogP contribution in [0.25, 0.3) is 0 Å². The van der Waals surface area contributed by atoms with Crippen LogP contribution in [0.15, 0.2) is 57.6 Å². The Bertz CT molecular complexity index is 1070. The maximum absolute atomic E-state index is 12.1. The number of carbonyl (C=O) groups is 1. The number of furan rings is 1. The summed E-state index contributed by atoms with van der Waals surface area (Å²) in [7, 11) is 3.07. The molecule has 0 unspecified atom stereocenters. The maximum atomic E-state index is 12.1. The largest absolute Gasteiger partial charge is 0.495 e. The van der Waals surface area contributed by atoms with Crippen molar-refractivity contribution in [3.05, 3.63) is 64.0 Å². The van der Waals surface area contributed by atoms with Gasteiger partial charge in [-0.05, 0) is 58.5 Å². The Labute approximate surface area is 191 Å². The van der Waals surface area contributed by atoms with Crippen LogP contribution in [-0.4, -0.2) is 25.2 Å². The van der Waals surface area contributed by atoms with Gasteiger partial charge >= 0.3 is 0 Å². The van der Waals surface area contributed by atoms with Crippen LogP contribution in [0.4, 0.5) is 17.1 Å². The zero-order valence-corrected chi connectivity index (χ0v) is 19.1. The van der Waals surface area contributed by atoms with E-state index in [1.165, 1.54) is 13.4 Å². The summed E-state index contributed by atoms with van der Waals surface area (Å²) >= 11 is 14.8. The Morgan fingerprint density at radius 1 is 1.00 bits per heavy atom. The first kappa shape index (κ1) is 21.9. The maximum Gasteiger partial charge on any atom is 0.291 e. The molecule has 0 saturated heterocycles. The van der Waals surface area contributed by atoms with Gasteiger partial charge in [0.2, 0.25) is 0 Å². The number of methoxy groups -OCH3 is 2. The molecule has 0 aliphatic rings. The zero-order valence-electron chi connectivity index (χ0n) is 15.9. The molecule has 3 N–H and O–H groups in total. The zero-order chi connectivity index (χ0) is 21.7. The van der Waals surface area contributed by atoms with Crippen LogP contribution in [0.5, 0.6) is 11.5 Å². The van der Waals surface area contributed by atoms with Gasteiger partial charge in [-0.25, -0.2) is 0 Å². The third-order valence-electron chi connectivity index (χ3n) is 3.91. The van der Waals surface area contributed by atoms with Crippen LogP contribution in [0.1, 0.15) is 10.6 Å². The first-order valence-corrected chi connectivity index (χ1v) is 10.1. The number of carbonyl (C=O) groups excluding carboxylic acids is 1. The van der Waals surface area contributed by atoms with E-state index in [1.54, 1.807) is 49.6 Å². The first-order chi connectivity index (χ1) is 14.4. The summed E-state index contributed by atoms with van der Waals surface area (Å²) in [5.74, 6) is 0.893. The van der Waals surface area contributed by atoms with E-state index in [9.17, 15) is 4.79 Å². The molecule has 0 bridgehead atoms. The smallest absolute Gasteiger partial charge is 0.291 e. The number of rotatable bonds is 6. The Morgan fingerprint density at radius 2 is 1.63 bits per heavy atom. The summed E-state index contributed by atoms with van der Waals surface area (Å²) in [5, 5.41) is 9.61. The van der Waals surface area contributed by atoms with Gasteiger partial charge in [0.15, 0.2) is 10.9 Å². The lowest BCUT2D eigenvalue weighted by Crippen LogP contribution is -2.19. The van der Waals surface area contributed by atoms with Crippen molar-refractivity contribution in [2.45, 2.75) is 0 Å². The minimum Gasteiger partial charge on any atom is -0.495 e. The SMILES string of the molecule is COc1cc(OC)c(NC(=S)Nc2ccc(NC(=O)c3cc(Br)co3)cc2)cc1Cl. The number of halogens is 2. The van der Waals surface area contributed by atoms with Crippen molar-refractivity contribution in [3.63, 3.8) is 0 Å². The van der Waals surface area contributed by atoms with Gasteiger partial charge in [0.1, 0.15) is 17.8 Å². The molecule has 1 amide bonds. The van der Waals surface area contributed by atoms with E-state index in [1.807, 2.05) is 0 Å². The van der Waals surface area contributed by atoms with Gasteiger partial charge < -0.3 is 29.8 Å². The number of benzene rings is 2. The second kappa shape index (κ2) is 9.84. The summed E-state index contributed by atoms with van der Waals surface area (Å²) in [4.78, 5) is 12.1. The molecule has 0 aliphatic carbocycles. The lowest BCUT2D eigenvalue weighted by atomic mass is 10.2. The van der Waals surface area contributed by atoms with Crippen LogP contribution < -0.4 is 25.4 Å². The van der Waals surface area contributed by atoms with Gasteiger partial charge in [-0.15, -0.1) is 0 Å². The molecular weight excluding hydrogens is 494 g/mol. The normalized spacial score (nSPS) is 10.3. The van der Waals surface area contributed by atoms with Crippen LogP contribution in [0.3, 0.4) is 0 Å². The average Bonchev–Trinajstić information content (AvgIpc) is 3.16. The number of ether oxygens (including phenoxy) is 2. The molecule has 0 atom stereocenters. The van der Waals surface area contributed by atoms with Gasteiger partial charge in [0.25, 0.3) is 5.91 Å². The van der Waals surface area contributed by atoms with E-state index < -0.39 is 0 Å². The van der Waals surface area contributed by atoms with Crippen molar-refractivity contribution in [3.8, 4) is 11.5 Å². The van der Waals surface area contributed by atoms with E-state index in [2.05, 4.69) is 31.9 Å². The number of amides is 1. The molecule has 0 fully saturated rings. The number of nitrogens with one attached hydrogen (secondary N) is 3. The minimum absolute atomic E-state index is 0.210. The summed E-state index contributed by atoms with van der Waals surface area (Å²) in [5.41, 5.74) is 1.93. The molecule has 2 aromatic carbocycles. The van der Waals surface area contributed by atoms with Gasteiger partial charge in [-0.2, -0.15) is 0 Å².